The van der Waals surface area contributed by atoms with Crippen LogP contribution in [0.1, 0.15) is 43.2 Å². The molecule has 1 heterocycles. The van der Waals surface area contributed by atoms with Gasteiger partial charge >= 0.3 is 8.16 Å². The van der Waals surface area contributed by atoms with Gasteiger partial charge in [-0.05, 0) is 71.5 Å². The molecule has 0 unspecified atom stereocenters. The van der Waals surface area contributed by atoms with E-state index in [9.17, 15) is 0 Å². The lowest BCUT2D eigenvalue weighted by Gasteiger charge is -2.20. The highest BCUT2D eigenvalue weighted by molar-refractivity contribution is 7.38. The third kappa shape index (κ3) is 3.32. The number of nitrogens with one attached hydrogen (secondary N) is 1. The van der Waals surface area contributed by atoms with Gasteiger partial charge in [-0.3, -0.25) is 0 Å². The van der Waals surface area contributed by atoms with Crippen LogP contribution >= 0.6 is 8.16 Å². The Labute approximate surface area is 189 Å². The van der Waals surface area contributed by atoms with Gasteiger partial charge < -0.3 is 8.39 Å². The third-order valence-electron chi connectivity index (χ3n) is 6.87. The average molecular weight is 442 g/mol. The Balaban J connectivity index is 1.81. The van der Waals surface area contributed by atoms with Crippen molar-refractivity contribution in [3.05, 3.63) is 71.8 Å². The summed E-state index contributed by atoms with van der Waals surface area (Å²) in [6, 6.07) is 22.2. The van der Waals surface area contributed by atoms with Crippen LogP contribution in [0.5, 0.6) is 0 Å². The summed E-state index contributed by atoms with van der Waals surface area (Å²) in [6.45, 7) is 4.31. The smallest absolute Gasteiger partial charge is 0.307 e. The van der Waals surface area contributed by atoms with E-state index >= 15 is 0 Å². The van der Waals surface area contributed by atoms with Gasteiger partial charge in [0.25, 0.3) is 0 Å². The molecule has 1 aliphatic carbocycles. The molecular formula is C28H28NO2P. The van der Waals surface area contributed by atoms with Gasteiger partial charge in [0.15, 0.2) is 0 Å². The van der Waals surface area contributed by atoms with Crippen molar-refractivity contribution in [3.63, 3.8) is 0 Å². The van der Waals surface area contributed by atoms with E-state index in [1.165, 1.54) is 53.6 Å². The van der Waals surface area contributed by atoms with Crippen molar-refractivity contribution in [2.75, 3.05) is 5.09 Å². The topological polar surface area (TPSA) is 38.3 Å². The van der Waals surface area contributed by atoms with Crippen molar-refractivity contribution in [3.8, 4) is 0 Å². The number of fused-ring (bicyclic) bond motifs is 7. The Morgan fingerprint density at radius 3 is 1.75 bits per heavy atom. The summed E-state index contributed by atoms with van der Waals surface area (Å²) >= 11 is 0. The lowest BCUT2D eigenvalue weighted by Crippen LogP contribution is -2.20. The Kier molecular flexibility index (Phi) is 4.97. The molecule has 1 aromatic heterocycles. The molecule has 0 atom stereocenters. The molecule has 0 spiro atoms. The van der Waals surface area contributed by atoms with Gasteiger partial charge in [-0.2, -0.15) is 0 Å². The van der Waals surface area contributed by atoms with E-state index < -0.39 is 8.16 Å². The van der Waals surface area contributed by atoms with Crippen LogP contribution in [0.2, 0.25) is 0 Å². The summed E-state index contributed by atoms with van der Waals surface area (Å²) in [7, 11) is -1.29. The Hall–Kier alpha value is -2.74. The van der Waals surface area contributed by atoms with Gasteiger partial charge in [0, 0.05) is 16.8 Å². The van der Waals surface area contributed by atoms with Crippen LogP contribution in [0.4, 0.5) is 0 Å². The van der Waals surface area contributed by atoms with E-state index in [1.54, 1.807) is 0 Å². The number of benzene rings is 4. The predicted octanol–water partition coefficient (Wildman–Crippen LogP) is 9.09. The van der Waals surface area contributed by atoms with Crippen LogP contribution in [-0.4, -0.2) is 6.04 Å². The number of hydrogen-bond donors (Lipinski definition) is 1. The van der Waals surface area contributed by atoms with Crippen molar-refractivity contribution in [1.82, 2.24) is 0 Å². The minimum Gasteiger partial charge on any atom is -0.408 e. The highest BCUT2D eigenvalue weighted by atomic mass is 31.1. The van der Waals surface area contributed by atoms with Crippen LogP contribution in [0.3, 0.4) is 0 Å². The summed E-state index contributed by atoms with van der Waals surface area (Å²) in [5.41, 5.74) is 4.21. The van der Waals surface area contributed by atoms with Gasteiger partial charge in [0.1, 0.15) is 11.2 Å². The summed E-state index contributed by atoms with van der Waals surface area (Å²) < 4.78 is 13.4. The molecule has 0 bridgehead atoms. The Bertz CT molecular complexity index is 1410. The number of aryl methyl sites for hydroxylation is 2. The van der Waals surface area contributed by atoms with E-state index in [4.69, 9.17) is 8.39 Å². The summed E-state index contributed by atoms with van der Waals surface area (Å²) in [5.74, 6) is 0. The monoisotopic (exact) mass is 441 g/mol. The van der Waals surface area contributed by atoms with Crippen LogP contribution in [0, 0.1) is 13.8 Å². The van der Waals surface area contributed by atoms with Gasteiger partial charge in [0.2, 0.25) is 0 Å². The first-order chi connectivity index (χ1) is 15.7. The minimum absolute atomic E-state index is 0.460. The Morgan fingerprint density at radius 1 is 0.719 bits per heavy atom. The zero-order valence-electron chi connectivity index (χ0n) is 18.7. The normalized spacial score (nSPS) is 15.2. The summed E-state index contributed by atoms with van der Waals surface area (Å²) in [5, 5.41) is 11.0. The molecule has 4 aromatic carbocycles. The van der Waals surface area contributed by atoms with Crippen LogP contribution in [0.15, 0.2) is 69.1 Å². The van der Waals surface area contributed by atoms with Gasteiger partial charge in [-0.15, -0.1) is 0 Å². The second-order valence-corrected chi connectivity index (χ2v) is 10.3. The quantitative estimate of drug-likeness (QED) is 0.297. The first-order valence-electron chi connectivity index (χ1n) is 11.7. The molecule has 0 amide bonds. The first kappa shape index (κ1) is 19.9. The molecule has 1 N–H and O–H groups in total. The van der Waals surface area contributed by atoms with E-state index in [0.29, 0.717) is 6.04 Å². The zero-order chi connectivity index (χ0) is 21.7. The molecule has 4 heteroatoms. The third-order valence-corrected chi connectivity index (χ3v) is 8.14. The Morgan fingerprint density at radius 2 is 1.22 bits per heavy atom. The van der Waals surface area contributed by atoms with Crippen LogP contribution in [-0.2, 0) is 0 Å². The number of hydrogen-bond acceptors (Lipinski definition) is 3. The van der Waals surface area contributed by atoms with Crippen LogP contribution < -0.4 is 5.09 Å². The molecule has 1 aliphatic rings. The highest BCUT2D eigenvalue weighted by Crippen LogP contribution is 2.43. The summed E-state index contributed by atoms with van der Waals surface area (Å²) in [4.78, 5) is 0. The zero-order valence-corrected chi connectivity index (χ0v) is 19.5. The highest BCUT2D eigenvalue weighted by Gasteiger charge is 2.19. The molecule has 1 fully saturated rings. The van der Waals surface area contributed by atoms with Gasteiger partial charge in [-0.1, -0.05) is 67.8 Å². The van der Waals surface area contributed by atoms with Gasteiger partial charge in [0.05, 0.1) is 0 Å². The average Bonchev–Trinajstić information content (AvgIpc) is 2.98. The van der Waals surface area contributed by atoms with Crippen molar-refractivity contribution in [2.24, 2.45) is 0 Å². The molecule has 6 rings (SSSR count). The lowest BCUT2D eigenvalue weighted by molar-refractivity contribution is 0.463. The standard InChI is InChI=1S/C28H28NO2P/c1-18-16-20-10-6-8-14-23(20)25-26-24-15-9-7-11-21(24)17-19(2)28(26)31-32(30-27(18)25)29-22-12-4-3-5-13-22/h6-11,14-17,22,29H,3-5,12-13H2,1-2H3. The maximum Gasteiger partial charge on any atom is 0.307 e. The molecule has 32 heavy (non-hydrogen) atoms. The first-order valence-corrected chi connectivity index (χ1v) is 12.8. The van der Waals surface area contributed by atoms with Gasteiger partial charge in [-0.25, -0.2) is 5.09 Å². The molecule has 5 aromatic rings. The molecule has 162 valence electrons. The molecule has 0 aliphatic heterocycles. The summed E-state index contributed by atoms with van der Waals surface area (Å²) in [6.07, 6.45) is 6.28. The van der Waals surface area contributed by atoms with E-state index in [0.717, 1.165) is 33.1 Å². The van der Waals surface area contributed by atoms with Crippen LogP contribution in [0.25, 0.3) is 43.5 Å². The minimum atomic E-state index is -1.29. The van der Waals surface area contributed by atoms with Crippen molar-refractivity contribution in [1.29, 1.82) is 0 Å². The fourth-order valence-corrected chi connectivity index (χ4v) is 6.79. The fraction of sp³-hybridized carbons (Fsp3) is 0.286. The SMILES string of the molecule is Cc1cc2ccccc2c2c1op(NC1CCCCC1)oc1c(C)cc3ccccc3c12. The van der Waals surface area contributed by atoms with E-state index in [-0.39, 0.29) is 0 Å². The second kappa shape index (κ2) is 7.99. The van der Waals surface area contributed by atoms with Crippen molar-refractivity contribution >= 4 is 51.6 Å². The fourth-order valence-electron chi connectivity index (χ4n) is 5.29. The molecule has 0 saturated heterocycles. The maximum absolute atomic E-state index is 6.72. The van der Waals surface area contributed by atoms with Crippen molar-refractivity contribution < 1.29 is 8.39 Å². The molecule has 1 saturated carbocycles. The lowest BCUT2D eigenvalue weighted by atomic mass is 9.95. The number of rotatable bonds is 2. The van der Waals surface area contributed by atoms with E-state index in [1.807, 2.05) is 0 Å². The molecule has 3 nitrogen and oxygen atoms in total. The van der Waals surface area contributed by atoms with Crippen molar-refractivity contribution in [2.45, 2.75) is 52.0 Å². The maximum atomic E-state index is 6.72. The molecule has 0 radical (unpaired) electrons. The molecular weight excluding hydrogens is 413 g/mol. The largest absolute Gasteiger partial charge is 0.408 e. The van der Waals surface area contributed by atoms with E-state index in [2.05, 4.69) is 79.6 Å². The second-order valence-electron chi connectivity index (χ2n) is 9.14. The predicted molar refractivity (Wildman–Crippen MR) is 137 cm³/mol.